The van der Waals surface area contributed by atoms with Gasteiger partial charge in [-0.15, -0.1) is 5.10 Å². The molecule has 2 aromatic heterocycles. The number of aromatic nitrogens is 6. The maximum atomic E-state index is 13.7. The van der Waals surface area contributed by atoms with E-state index in [1.807, 2.05) is 6.07 Å². The molecule has 1 aliphatic heterocycles. The summed E-state index contributed by atoms with van der Waals surface area (Å²) < 4.78 is 15.1. The standard InChI is InChI=1S/C17H18FN7O/c18-13-6-4-5-12(9-13)15-7-2-1-3-8-24(15)17(26)14-10-16(21-20-14)25-11-19-22-23-25/h4-6,9-11,15H,1-3,7-8H2,(H,20,21). The van der Waals surface area contributed by atoms with Crippen molar-refractivity contribution in [2.75, 3.05) is 6.54 Å². The number of nitrogens with one attached hydrogen (secondary N) is 1. The lowest BCUT2D eigenvalue weighted by molar-refractivity contribution is 0.0674. The maximum Gasteiger partial charge on any atom is 0.272 e. The number of rotatable bonds is 3. The molecule has 3 heterocycles. The first kappa shape index (κ1) is 16.4. The molecule has 1 N–H and O–H groups in total. The number of likely N-dealkylation sites (tertiary alicyclic amines) is 1. The van der Waals surface area contributed by atoms with Gasteiger partial charge in [0.2, 0.25) is 0 Å². The first-order valence-electron chi connectivity index (χ1n) is 8.57. The van der Waals surface area contributed by atoms with Crippen LogP contribution >= 0.6 is 0 Å². The van der Waals surface area contributed by atoms with E-state index in [0.717, 1.165) is 31.2 Å². The molecule has 0 radical (unpaired) electrons. The second-order valence-electron chi connectivity index (χ2n) is 6.31. The van der Waals surface area contributed by atoms with E-state index in [9.17, 15) is 9.18 Å². The van der Waals surface area contributed by atoms with Crippen LogP contribution in [-0.2, 0) is 0 Å². The van der Waals surface area contributed by atoms with Crippen LogP contribution in [0.2, 0.25) is 0 Å². The van der Waals surface area contributed by atoms with E-state index in [4.69, 9.17) is 0 Å². The number of H-pyrrole nitrogens is 1. The van der Waals surface area contributed by atoms with Crippen LogP contribution in [0, 0.1) is 5.82 Å². The van der Waals surface area contributed by atoms with Crippen LogP contribution in [0.1, 0.15) is 47.8 Å². The minimum atomic E-state index is -0.290. The van der Waals surface area contributed by atoms with E-state index in [2.05, 4.69) is 25.7 Å². The van der Waals surface area contributed by atoms with Crippen LogP contribution in [0.25, 0.3) is 5.82 Å². The topological polar surface area (TPSA) is 92.6 Å². The lowest BCUT2D eigenvalue weighted by atomic mass is 10.0. The monoisotopic (exact) mass is 355 g/mol. The van der Waals surface area contributed by atoms with Gasteiger partial charge >= 0.3 is 0 Å². The number of tetrazole rings is 1. The quantitative estimate of drug-likeness (QED) is 0.778. The fourth-order valence-corrected chi connectivity index (χ4v) is 3.37. The second kappa shape index (κ2) is 7.03. The third-order valence-corrected chi connectivity index (χ3v) is 4.63. The van der Waals surface area contributed by atoms with Crippen molar-refractivity contribution in [2.45, 2.75) is 31.7 Å². The molecule has 0 saturated carbocycles. The summed E-state index contributed by atoms with van der Waals surface area (Å²) in [6.07, 6.45) is 5.19. The largest absolute Gasteiger partial charge is 0.330 e. The molecule has 0 spiro atoms. The summed E-state index contributed by atoms with van der Waals surface area (Å²) in [4.78, 5) is 14.9. The fourth-order valence-electron chi connectivity index (χ4n) is 3.37. The number of aromatic amines is 1. The van der Waals surface area contributed by atoms with Crippen molar-refractivity contribution in [1.82, 2.24) is 35.3 Å². The Morgan fingerprint density at radius 1 is 1.23 bits per heavy atom. The zero-order valence-electron chi connectivity index (χ0n) is 14.0. The summed E-state index contributed by atoms with van der Waals surface area (Å²) in [5, 5.41) is 17.8. The number of hydrogen-bond acceptors (Lipinski definition) is 5. The zero-order chi connectivity index (χ0) is 17.9. The van der Waals surface area contributed by atoms with Gasteiger partial charge in [-0.05, 0) is 41.0 Å². The number of nitrogens with zero attached hydrogens (tertiary/aromatic N) is 6. The zero-order valence-corrected chi connectivity index (χ0v) is 14.0. The SMILES string of the molecule is O=C(c1cc(-n2cnnn2)n[nH]1)N1CCCCCC1c1cccc(F)c1. The van der Waals surface area contributed by atoms with E-state index in [-0.39, 0.29) is 17.8 Å². The molecule has 1 aliphatic rings. The molecular formula is C17H18FN7O. The Bertz CT molecular complexity index is 892. The van der Waals surface area contributed by atoms with Gasteiger partial charge in [-0.1, -0.05) is 25.0 Å². The van der Waals surface area contributed by atoms with Gasteiger partial charge in [0.25, 0.3) is 5.91 Å². The fraction of sp³-hybridized carbons (Fsp3) is 0.353. The summed E-state index contributed by atoms with van der Waals surface area (Å²) in [5.74, 6) is -0.00915. The summed E-state index contributed by atoms with van der Waals surface area (Å²) in [6, 6.07) is 7.95. The normalized spacial score (nSPS) is 17.9. The van der Waals surface area contributed by atoms with Gasteiger partial charge in [-0.25, -0.2) is 4.39 Å². The van der Waals surface area contributed by atoms with Crippen molar-refractivity contribution in [3.63, 3.8) is 0 Å². The molecule has 26 heavy (non-hydrogen) atoms. The lowest BCUT2D eigenvalue weighted by Gasteiger charge is -2.30. The Morgan fingerprint density at radius 2 is 2.15 bits per heavy atom. The number of carbonyl (C=O) groups is 1. The van der Waals surface area contributed by atoms with E-state index >= 15 is 0 Å². The Morgan fingerprint density at radius 3 is 2.96 bits per heavy atom. The second-order valence-corrected chi connectivity index (χ2v) is 6.31. The van der Waals surface area contributed by atoms with Crippen LogP contribution in [0.5, 0.6) is 0 Å². The average molecular weight is 355 g/mol. The number of hydrogen-bond donors (Lipinski definition) is 1. The number of carbonyl (C=O) groups excluding carboxylic acids is 1. The van der Waals surface area contributed by atoms with Crippen molar-refractivity contribution in [3.05, 3.63) is 53.7 Å². The highest BCUT2D eigenvalue weighted by molar-refractivity contribution is 5.93. The molecular weight excluding hydrogens is 337 g/mol. The van der Waals surface area contributed by atoms with Crippen LogP contribution in [0.15, 0.2) is 36.7 Å². The molecule has 1 amide bonds. The Kier molecular flexibility index (Phi) is 4.42. The van der Waals surface area contributed by atoms with Crippen molar-refractivity contribution < 1.29 is 9.18 Å². The van der Waals surface area contributed by atoms with Gasteiger partial charge in [0, 0.05) is 12.6 Å². The van der Waals surface area contributed by atoms with Gasteiger partial charge < -0.3 is 4.90 Å². The highest BCUT2D eigenvalue weighted by Gasteiger charge is 2.29. The first-order chi connectivity index (χ1) is 12.7. The number of halogens is 1. The average Bonchev–Trinajstić information content (AvgIpc) is 3.28. The molecule has 4 rings (SSSR count). The molecule has 3 aromatic rings. The minimum absolute atomic E-state index is 0.152. The highest BCUT2D eigenvalue weighted by atomic mass is 19.1. The summed E-state index contributed by atoms with van der Waals surface area (Å²) in [7, 11) is 0. The van der Waals surface area contributed by atoms with Crippen molar-refractivity contribution in [3.8, 4) is 5.82 Å². The lowest BCUT2D eigenvalue weighted by Crippen LogP contribution is -2.35. The van der Waals surface area contributed by atoms with Crippen molar-refractivity contribution in [2.24, 2.45) is 0 Å². The molecule has 1 unspecified atom stereocenters. The van der Waals surface area contributed by atoms with Gasteiger partial charge in [0.1, 0.15) is 17.8 Å². The number of benzene rings is 1. The first-order valence-corrected chi connectivity index (χ1v) is 8.57. The van der Waals surface area contributed by atoms with Crippen molar-refractivity contribution in [1.29, 1.82) is 0 Å². The van der Waals surface area contributed by atoms with E-state index in [1.54, 1.807) is 17.0 Å². The van der Waals surface area contributed by atoms with E-state index in [0.29, 0.717) is 18.1 Å². The molecule has 9 heteroatoms. The van der Waals surface area contributed by atoms with Crippen LogP contribution in [-0.4, -0.2) is 47.8 Å². The van der Waals surface area contributed by atoms with Crippen LogP contribution in [0.3, 0.4) is 0 Å². The third-order valence-electron chi connectivity index (χ3n) is 4.63. The van der Waals surface area contributed by atoms with E-state index < -0.39 is 0 Å². The number of amides is 1. The summed E-state index contributed by atoms with van der Waals surface area (Å²) in [5.41, 5.74) is 1.18. The predicted octanol–water partition coefficient (Wildman–Crippen LogP) is 2.28. The van der Waals surface area contributed by atoms with Gasteiger partial charge in [-0.3, -0.25) is 9.89 Å². The van der Waals surface area contributed by atoms with Gasteiger partial charge in [-0.2, -0.15) is 9.78 Å². The van der Waals surface area contributed by atoms with Crippen molar-refractivity contribution >= 4 is 5.91 Å². The molecule has 0 aliphatic carbocycles. The molecule has 0 bridgehead atoms. The van der Waals surface area contributed by atoms with Crippen LogP contribution < -0.4 is 0 Å². The Labute approximate surface area is 149 Å². The summed E-state index contributed by atoms with van der Waals surface area (Å²) >= 11 is 0. The molecule has 1 aromatic carbocycles. The molecule has 134 valence electrons. The Balaban J connectivity index is 1.63. The third kappa shape index (κ3) is 3.19. The molecule has 8 nitrogen and oxygen atoms in total. The predicted molar refractivity (Wildman–Crippen MR) is 89.9 cm³/mol. The molecule has 1 atom stereocenters. The molecule has 1 fully saturated rings. The Hall–Kier alpha value is -3.10. The van der Waals surface area contributed by atoms with Crippen LogP contribution in [0.4, 0.5) is 4.39 Å². The smallest absolute Gasteiger partial charge is 0.272 e. The molecule has 1 saturated heterocycles. The highest BCUT2D eigenvalue weighted by Crippen LogP contribution is 2.31. The summed E-state index contributed by atoms with van der Waals surface area (Å²) in [6.45, 7) is 0.624. The minimum Gasteiger partial charge on any atom is -0.330 e. The maximum absolute atomic E-state index is 13.7. The van der Waals surface area contributed by atoms with Gasteiger partial charge in [0.15, 0.2) is 5.82 Å². The van der Waals surface area contributed by atoms with Gasteiger partial charge in [0.05, 0.1) is 6.04 Å². The van der Waals surface area contributed by atoms with E-state index in [1.165, 1.54) is 23.1 Å².